The number of nitrogens with zero attached hydrogens (tertiary/aromatic N) is 3. The van der Waals surface area contributed by atoms with Crippen molar-refractivity contribution in [2.75, 3.05) is 10.1 Å². The Hall–Kier alpha value is -4.03. The molecule has 12 heteroatoms. The number of sulfonamides is 1. The number of nitrogens with one attached hydrogen (secondary N) is 2. The Labute approximate surface area is 196 Å². The Kier molecular flexibility index (Phi) is 7.13. The predicted octanol–water partition coefficient (Wildman–Crippen LogP) is 3.36. The summed E-state index contributed by atoms with van der Waals surface area (Å²) in [5.74, 6) is -0.189. The third-order valence-electron chi connectivity index (χ3n) is 5.01. The van der Waals surface area contributed by atoms with Crippen molar-refractivity contribution in [3.8, 4) is 5.75 Å². The molecule has 0 radical (unpaired) electrons. The van der Waals surface area contributed by atoms with E-state index in [0.717, 1.165) is 11.6 Å². The van der Waals surface area contributed by atoms with Crippen molar-refractivity contribution >= 4 is 33.3 Å². The molecule has 0 unspecified atom stereocenters. The number of hydrogen-bond acceptors (Lipinski definition) is 9. The number of aliphatic hydroxyl groups is 1. The minimum absolute atomic E-state index is 0.0671. The van der Waals surface area contributed by atoms with Crippen molar-refractivity contribution < 1.29 is 23.6 Å². The fourth-order valence-corrected chi connectivity index (χ4v) is 4.30. The Morgan fingerprint density at radius 1 is 1.15 bits per heavy atom. The summed E-state index contributed by atoms with van der Waals surface area (Å²) in [6.45, 7) is 4.80. The summed E-state index contributed by atoms with van der Waals surface area (Å²) in [5, 5.41) is 35.1. The molecule has 0 aliphatic rings. The minimum Gasteiger partial charge on any atom is -0.505 e. The van der Waals surface area contributed by atoms with Crippen LogP contribution in [0.5, 0.6) is 5.75 Å². The third-order valence-corrected chi connectivity index (χ3v) is 6.37. The highest BCUT2D eigenvalue weighted by molar-refractivity contribution is 7.92. The lowest BCUT2D eigenvalue weighted by Crippen LogP contribution is -2.14. The van der Waals surface area contributed by atoms with Crippen LogP contribution in [-0.4, -0.2) is 34.8 Å². The smallest absolute Gasteiger partial charge is 0.295 e. The van der Waals surface area contributed by atoms with Crippen molar-refractivity contribution in [2.24, 2.45) is 5.10 Å². The van der Waals surface area contributed by atoms with Gasteiger partial charge in [0.2, 0.25) is 0 Å². The van der Waals surface area contributed by atoms with E-state index in [1.165, 1.54) is 24.5 Å². The summed E-state index contributed by atoms with van der Waals surface area (Å²) in [7, 11) is -4.09. The Morgan fingerprint density at radius 3 is 2.50 bits per heavy atom. The molecule has 1 heterocycles. The molecule has 0 saturated carbocycles. The highest BCUT2D eigenvalue weighted by atomic mass is 32.2. The number of anilines is 2. The van der Waals surface area contributed by atoms with Gasteiger partial charge < -0.3 is 10.2 Å². The van der Waals surface area contributed by atoms with Gasteiger partial charge in [0.05, 0.1) is 34.0 Å². The molecular formula is C22H23N5O6S. The zero-order chi connectivity index (χ0) is 25.0. The first kappa shape index (κ1) is 24.6. The van der Waals surface area contributed by atoms with E-state index in [-0.39, 0.29) is 21.9 Å². The van der Waals surface area contributed by atoms with Gasteiger partial charge in [-0.25, -0.2) is 8.42 Å². The summed E-state index contributed by atoms with van der Waals surface area (Å²) in [6, 6.07) is 8.55. The first-order valence-electron chi connectivity index (χ1n) is 9.99. The van der Waals surface area contributed by atoms with Gasteiger partial charge in [-0.3, -0.25) is 25.2 Å². The lowest BCUT2D eigenvalue weighted by molar-refractivity contribution is -0.384. The fourth-order valence-electron chi connectivity index (χ4n) is 3.14. The normalized spacial score (nSPS) is 11.5. The molecule has 0 atom stereocenters. The van der Waals surface area contributed by atoms with Crippen LogP contribution < -0.4 is 10.1 Å². The molecule has 2 aromatic carbocycles. The molecule has 0 amide bonds. The van der Waals surface area contributed by atoms with Gasteiger partial charge in [-0.05, 0) is 44.5 Å². The Balaban J connectivity index is 1.90. The van der Waals surface area contributed by atoms with Gasteiger partial charge in [-0.15, -0.1) is 0 Å². The van der Waals surface area contributed by atoms with Crippen LogP contribution in [0.15, 0.2) is 52.6 Å². The van der Waals surface area contributed by atoms with Crippen molar-refractivity contribution in [2.45, 2.75) is 32.3 Å². The van der Waals surface area contributed by atoms with Gasteiger partial charge in [0.1, 0.15) is 11.4 Å². The summed E-state index contributed by atoms with van der Waals surface area (Å²) in [6.07, 6.45) is 2.56. The molecule has 11 nitrogen and oxygen atoms in total. The SMILES string of the molecule is Cc1ccc(NS(=O)(=O)c2ccc(NN=Cc3c(CO)cnc(C)c3O)c([N+](=O)[O-])c2)c(C)c1. The van der Waals surface area contributed by atoms with Crippen LogP contribution in [0.2, 0.25) is 0 Å². The van der Waals surface area contributed by atoms with Crippen LogP contribution in [-0.2, 0) is 16.6 Å². The van der Waals surface area contributed by atoms with E-state index in [0.29, 0.717) is 22.5 Å². The number of aromatic hydroxyl groups is 1. The molecule has 4 N–H and O–H groups in total. The topological polar surface area (TPSA) is 167 Å². The highest BCUT2D eigenvalue weighted by Gasteiger charge is 2.22. The maximum Gasteiger partial charge on any atom is 0.295 e. The predicted molar refractivity (Wildman–Crippen MR) is 128 cm³/mol. The molecule has 178 valence electrons. The van der Waals surface area contributed by atoms with Crippen LogP contribution in [0.3, 0.4) is 0 Å². The highest BCUT2D eigenvalue weighted by Crippen LogP contribution is 2.29. The average molecular weight is 486 g/mol. The number of pyridine rings is 1. The van der Waals surface area contributed by atoms with Crippen molar-refractivity contribution in [1.82, 2.24) is 4.98 Å². The second-order valence-corrected chi connectivity index (χ2v) is 9.20. The van der Waals surface area contributed by atoms with E-state index >= 15 is 0 Å². The molecule has 0 aliphatic heterocycles. The molecule has 3 aromatic rings. The number of nitro groups is 1. The van der Waals surface area contributed by atoms with Crippen LogP contribution in [0.1, 0.15) is 27.9 Å². The van der Waals surface area contributed by atoms with E-state index in [4.69, 9.17) is 0 Å². The maximum absolute atomic E-state index is 12.8. The van der Waals surface area contributed by atoms with E-state index in [1.54, 1.807) is 26.0 Å². The van der Waals surface area contributed by atoms with Gasteiger partial charge >= 0.3 is 0 Å². The molecule has 0 aliphatic carbocycles. The van der Waals surface area contributed by atoms with E-state index < -0.39 is 27.2 Å². The van der Waals surface area contributed by atoms with Crippen molar-refractivity contribution in [3.63, 3.8) is 0 Å². The zero-order valence-corrected chi connectivity index (χ0v) is 19.4. The Morgan fingerprint density at radius 2 is 1.85 bits per heavy atom. The molecule has 0 spiro atoms. The van der Waals surface area contributed by atoms with Crippen LogP contribution >= 0.6 is 0 Å². The molecule has 34 heavy (non-hydrogen) atoms. The van der Waals surface area contributed by atoms with Gasteiger partial charge in [-0.1, -0.05) is 17.7 Å². The fraction of sp³-hybridized carbons (Fsp3) is 0.182. The molecule has 0 bridgehead atoms. The summed E-state index contributed by atoms with van der Waals surface area (Å²) in [5.41, 5.74) is 4.77. The van der Waals surface area contributed by atoms with Gasteiger partial charge in [0, 0.05) is 23.4 Å². The van der Waals surface area contributed by atoms with Gasteiger partial charge in [0.25, 0.3) is 15.7 Å². The summed E-state index contributed by atoms with van der Waals surface area (Å²) in [4.78, 5) is 14.5. The molecule has 0 fully saturated rings. The summed E-state index contributed by atoms with van der Waals surface area (Å²) < 4.78 is 28.1. The first-order valence-corrected chi connectivity index (χ1v) is 11.5. The average Bonchev–Trinajstić information content (AvgIpc) is 2.78. The maximum atomic E-state index is 12.8. The molecule has 1 aromatic heterocycles. The standard InChI is InChI=1S/C22H23N5O6S/c1-13-4-6-19(14(2)8-13)26-34(32,33)17-5-7-20(21(9-17)27(30)31)25-24-11-18-16(12-28)10-23-15(3)22(18)29/h4-11,25-26,28-29H,12H2,1-3H3. The number of hydrazone groups is 1. The summed E-state index contributed by atoms with van der Waals surface area (Å²) >= 11 is 0. The van der Waals surface area contributed by atoms with Crippen molar-refractivity contribution in [3.05, 3.63) is 80.7 Å². The van der Waals surface area contributed by atoms with E-state index in [2.05, 4.69) is 20.2 Å². The van der Waals surface area contributed by atoms with Crippen LogP contribution in [0, 0.1) is 30.9 Å². The van der Waals surface area contributed by atoms with E-state index in [1.807, 2.05) is 13.0 Å². The monoisotopic (exact) mass is 485 g/mol. The quantitative estimate of drug-likeness (QED) is 0.214. The number of aromatic nitrogens is 1. The Bertz CT molecular complexity index is 1390. The second-order valence-electron chi connectivity index (χ2n) is 7.52. The number of hydrogen-bond donors (Lipinski definition) is 4. The molecular weight excluding hydrogens is 462 g/mol. The number of rotatable bonds is 8. The largest absolute Gasteiger partial charge is 0.505 e. The van der Waals surface area contributed by atoms with Crippen molar-refractivity contribution in [1.29, 1.82) is 0 Å². The third kappa shape index (κ3) is 5.30. The van der Waals surface area contributed by atoms with Gasteiger partial charge in [-0.2, -0.15) is 5.10 Å². The minimum atomic E-state index is -4.09. The number of benzene rings is 2. The lowest BCUT2D eigenvalue weighted by atomic mass is 10.1. The first-order chi connectivity index (χ1) is 16.0. The number of nitro benzene ring substituents is 1. The lowest BCUT2D eigenvalue weighted by Gasteiger charge is -2.12. The van der Waals surface area contributed by atoms with Gasteiger partial charge in [0.15, 0.2) is 0 Å². The van der Waals surface area contributed by atoms with Crippen LogP contribution in [0.25, 0.3) is 0 Å². The number of aliphatic hydroxyl groups excluding tert-OH is 1. The zero-order valence-electron chi connectivity index (χ0n) is 18.6. The molecule has 0 saturated heterocycles. The second kappa shape index (κ2) is 9.85. The van der Waals surface area contributed by atoms with E-state index in [9.17, 15) is 28.7 Å². The number of aryl methyl sites for hydroxylation is 3. The van der Waals surface area contributed by atoms with Crippen LogP contribution in [0.4, 0.5) is 17.1 Å². The molecule has 3 rings (SSSR count).